The van der Waals surface area contributed by atoms with E-state index in [1.165, 1.54) is 4.90 Å². The Morgan fingerprint density at radius 2 is 1.71 bits per heavy atom. The van der Waals surface area contributed by atoms with Gasteiger partial charge in [-0.3, -0.25) is 9.59 Å². The molecule has 2 aromatic rings. The SMILES string of the molecule is CC#CCC(NC(=O)OCC1c2ccccc2-c2ccccc21)C(=O)N1CC(O)CC(C(=O)O)C1. The molecule has 4 rings (SSSR count). The lowest BCUT2D eigenvalue weighted by Gasteiger charge is -2.35. The Morgan fingerprint density at radius 1 is 1.09 bits per heavy atom. The number of aliphatic hydroxyl groups excluding tert-OH is 1. The minimum Gasteiger partial charge on any atom is -0.481 e. The van der Waals surface area contributed by atoms with Gasteiger partial charge in [0.05, 0.1) is 12.0 Å². The molecular weight excluding hydrogens is 448 g/mol. The molecule has 0 radical (unpaired) electrons. The topological polar surface area (TPSA) is 116 Å². The number of benzene rings is 2. The number of aliphatic carboxylic acids is 1. The third-order valence-corrected chi connectivity index (χ3v) is 6.51. The summed E-state index contributed by atoms with van der Waals surface area (Å²) < 4.78 is 5.56. The maximum Gasteiger partial charge on any atom is 0.407 e. The number of β-amino-alcohol motifs (C(OH)–C–C–N with tert-alkyl or cyclic N) is 1. The second-order valence-electron chi connectivity index (χ2n) is 8.82. The number of nitrogens with zero attached hydrogens (tertiary/aromatic N) is 1. The number of carbonyl (C=O) groups is 3. The predicted molar refractivity (Wildman–Crippen MR) is 128 cm³/mol. The van der Waals surface area contributed by atoms with Gasteiger partial charge in [0, 0.05) is 25.4 Å². The van der Waals surface area contributed by atoms with Crippen molar-refractivity contribution in [2.75, 3.05) is 19.7 Å². The Bertz CT molecular complexity index is 1140. The van der Waals surface area contributed by atoms with Crippen molar-refractivity contribution in [2.45, 2.75) is 37.8 Å². The molecule has 0 spiro atoms. The van der Waals surface area contributed by atoms with Crippen LogP contribution < -0.4 is 5.32 Å². The molecule has 1 fully saturated rings. The number of carboxylic acid groups (broad SMARTS) is 1. The van der Waals surface area contributed by atoms with Gasteiger partial charge in [-0.25, -0.2) is 4.79 Å². The van der Waals surface area contributed by atoms with Crippen molar-refractivity contribution in [3.63, 3.8) is 0 Å². The maximum atomic E-state index is 13.1. The number of carbonyl (C=O) groups excluding carboxylic acids is 2. The first-order valence-corrected chi connectivity index (χ1v) is 11.6. The minimum absolute atomic E-state index is 0.00500. The van der Waals surface area contributed by atoms with E-state index in [4.69, 9.17) is 4.74 Å². The van der Waals surface area contributed by atoms with Crippen LogP contribution in [0, 0.1) is 17.8 Å². The molecule has 1 aliphatic heterocycles. The van der Waals surface area contributed by atoms with Crippen molar-refractivity contribution in [1.82, 2.24) is 10.2 Å². The average molecular weight is 477 g/mol. The van der Waals surface area contributed by atoms with Crippen LogP contribution in [-0.4, -0.2) is 64.9 Å². The molecule has 8 heteroatoms. The first-order chi connectivity index (χ1) is 16.9. The van der Waals surface area contributed by atoms with Gasteiger partial charge in [-0.1, -0.05) is 48.5 Å². The summed E-state index contributed by atoms with van der Waals surface area (Å²) >= 11 is 0. The first-order valence-electron chi connectivity index (χ1n) is 11.6. The standard InChI is InChI=1S/C27H28N2O6/c1-2-3-12-24(25(31)29-14-17(26(32)33)13-18(30)15-29)28-27(34)35-16-23-21-10-6-4-8-19(21)20-9-5-7-11-22(20)23/h4-11,17-18,23-24,30H,12-16H2,1H3,(H,28,34)(H,32,33). The summed E-state index contributed by atoms with van der Waals surface area (Å²) in [4.78, 5) is 38.5. The average Bonchev–Trinajstić information content (AvgIpc) is 3.18. The van der Waals surface area contributed by atoms with E-state index in [-0.39, 0.29) is 38.5 Å². The monoisotopic (exact) mass is 476 g/mol. The van der Waals surface area contributed by atoms with Crippen molar-refractivity contribution in [1.29, 1.82) is 0 Å². The second kappa shape index (κ2) is 10.6. The smallest absolute Gasteiger partial charge is 0.407 e. The van der Waals surface area contributed by atoms with Crippen LogP contribution in [0.3, 0.4) is 0 Å². The van der Waals surface area contributed by atoms with Crippen LogP contribution in [-0.2, 0) is 14.3 Å². The van der Waals surface area contributed by atoms with Gasteiger partial charge in [0.25, 0.3) is 0 Å². The van der Waals surface area contributed by atoms with E-state index in [1.807, 2.05) is 48.5 Å². The van der Waals surface area contributed by atoms with Crippen molar-refractivity contribution < 1.29 is 29.3 Å². The molecule has 35 heavy (non-hydrogen) atoms. The van der Waals surface area contributed by atoms with E-state index >= 15 is 0 Å². The molecule has 3 N–H and O–H groups in total. The molecule has 2 amide bonds. The van der Waals surface area contributed by atoms with Crippen molar-refractivity contribution in [3.05, 3.63) is 59.7 Å². The summed E-state index contributed by atoms with van der Waals surface area (Å²) in [5.74, 6) is 2.95. The highest BCUT2D eigenvalue weighted by atomic mass is 16.5. The van der Waals surface area contributed by atoms with E-state index in [0.717, 1.165) is 22.3 Å². The number of fused-ring (bicyclic) bond motifs is 3. The quantitative estimate of drug-likeness (QED) is 0.552. The fourth-order valence-electron chi connectivity index (χ4n) is 4.84. The Morgan fingerprint density at radius 3 is 2.31 bits per heavy atom. The van der Waals surface area contributed by atoms with Crippen LogP contribution in [0.5, 0.6) is 0 Å². The molecule has 1 heterocycles. The summed E-state index contributed by atoms with van der Waals surface area (Å²) in [5, 5.41) is 22.0. The van der Waals surface area contributed by atoms with E-state index in [9.17, 15) is 24.6 Å². The van der Waals surface area contributed by atoms with Gasteiger partial charge in [0.1, 0.15) is 12.6 Å². The normalized spacial score (nSPS) is 19.5. The van der Waals surface area contributed by atoms with Gasteiger partial charge in [-0.05, 0) is 35.6 Å². The van der Waals surface area contributed by atoms with Crippen LogP contribution in [0.4, 0.5) is 4.79 Å². The molecule has 3 unspecified atom stereocenters. The van der Waals surface area contributed by atoms with Crippen LogP contribution in [0.2, 0.25) is 0 Å². The first kappa shape index (κ1) is 24.3. The molecule has 1 saturated heterocycles. The molecule has 2 aliphatic rings. The Kier molecular flexibility index (Phi) is 7.37. The van der Waals surface area contributed by atoms with Crippen LogP contribution in [0.1, 0.15) is 36.8 Å². The molecule has 3 atom stereocenters. The van der Waals surface area contributed by atoms with E-state index in [2.05, 4.69) is 17.2 Å². The van der Waals surface area contributed by atoms with Gasteiger partial charge in [0.15, 0.2) is 0 Å². The molecule has 0 saturated carbocycles. The summed E-state index contributed by atoms with van der Waals surface area (Å²) in [5.41, 5.74) is 4.38. The van der Waals surface area contributed by atoms with Gasteiger partial charge >= 0.3 is 12.1 Å². The molecule has 1 aliphatic carbocycles. The Labute approximate surface area is 203 Å². The zero-order valence-electron chi connectivity index (χ0n) is 19.4. The number of hydrogen-bond acceptors (Lipinski definition) is 5. The summed E-state index contributed by atoms with van der Waals surface area (Å²) in [7, 11) is 0. The van der Waals surface area contributed by atoms with Crippen LogP contribution in [0.25, 0.3) is 11.1 Å². The predicted octanol–water partition coefficient (Wildman–Crippen LogP) is 2.60. The lowest BCUT2D eigenvalue weighted by Crippen LogP contribution is -2.55. The van der Waals surface area contributed by atoms with Gasteiger partial charge in [0.2, 0.25) is 5.91 Å². The third kappa shape index (κ3) is 5.31. The van der Waals surface area contributed by atoms with Crippen LogP contribution >= 0.6 is 0 Å². The summed E-state index contributed by atoms with van der Waals surface area (Å²) in [6.07, 6.45) is -1.57. The minimum atomic E-state index is -1.07. The van der Waals surface area contributed by atoms with E-state index in [0.29, 0.717) is 0 Å². The van der Waals surface area contributed by atoms with E-state index in [1.54, 1.807) is 6.92 Å². The highest BCUT2D eigenvalue weighted by Gasteiger charge is 2.36. The molecule has 8 nitrogen and oxygen atoms in total. The number of likely N-dealkylation sites (tertiary alicyclic amines) is 1. The third-order valence-electron chi connectivity index (χ3n) is 6.51. The van der Waals surface area contributed by atoms with Crippen molar-refractivity contribution in [3.8, 4) is 23.0 Å². The van der Waals surface area contributed by atoms with Gasteiger partial charge in [-0.15, -0.1) is 11.8 Å². The number of piperidine rings is 1. The number of nitrogens with one attached hydrogen (secondary N) is 1. The fraction of sp³-hybridized carbons (Fsp3) is 0.370. The fourth-order valence-corrected chi connectivity index (χ4v) is 4.84. The molecule has 0 aromatic heterocycles. The Hall–Kier alpha value is -3.83. The highest BCUT2D eigenvalue weighted by molar-refractivity contribution is 5.87. The van der Waals surface area contributed by atoms with Crippen molar-refractivity contribution in [2.24, 2.45) is 5.92 Å². The lowest BCUT2D eigenvalue weighted by molar-refractivity contribution is -0.149. The Balaban J connectivity index is 1.43. The molecule has 0 bridgehead atoms. The number of amides is 2. The van der Waals surface area contributed by atoms with Gasteiger partial charge < -0.3 is 25.2 Å². The largest absolute Gasteiger partial charge is 0.481 e. The van der Waals surface area contributed by atoms with Crippen LogP contribution in [0.15, 0.2) is 48.5 Å². The van der Waals surface area contributed by atoms with Crippen molar-refractivity contribution >= 4 is 18.0 Å². The number of aliphatic hydroxyl groups is 1. The lowest BCUT2D eigenvalue weighted by atomic mass is 9.95. The number of rotatable bonds is 6. The number of ether oxygens (including phenoxy) is 1. The number of carboxylic acids is 1. The molecular formula is C27H28N2O6. The molecule has 2 aromatic carbocycles. The zero-order valence-corrected chi connectivity index (χ0v) is 19.4. The summed E-state index contributed by atoms with van der Waals surface area (Å²) in [6, 6.07) is 15.0. The number of hydrogen-bond donors (Lipinski definition) is 3. The maximum absolute atomic E-state index is 13.1. The highest BCUT2D eigenvalue weighted by Crippen LogP contribution is 2.44. The van der Waals surface area contributed by atoms with E-state index < -0.39 is 36.0 Å². The zero-order chi connectivity index (χ0) is 24.9. The molecule has 182 valence electrons. The van der Waals surface area contributed by atoms with Gasteiger partial charge in [-0.2, -0.15) is 0 Å². The summed E-state index contributed by atoms with van der Waals surface area (Å²) in [6.45, 7) is 1.70. The second-order valence-corrected chi connectivity index (χ2v) is 8.82. The number of alkyl carbamates (subject to hydrolysis) is 1.